The lowest BCUT2D eigenvalue weighted by atomic mass is 10.1. The topological polar surface area (TPSA) is 58.2 Å². The molecule has 5 heteroatoms. The molecule has 0 heterocycles. The molecule has 0 aromatic heterocycles. The third-order valence-electron chi connectivity index (χ3n) is 2.52. The molecule has 98 valence electrons. The molecule has 1 aromatic rings. The molecule has 0 aliphatic carbocycles. The van der Waals surface area contributed by atoms with Gasteiger partial charge in [-0.3, -0.25) is 10.1 Å². The molecule has 2 unspecified atom stereocenters. The quantitative estimate of drug-likeness (QED) is 0.828. The fraction of sp³-hybridized carbons (Fsp3) is 0.385. The van der Waals surface area contributed by atoms with Crippen molar-refractivity contribution in [1.29, 1.82) is 0 Å². The summed E-state index contributed by atoms with van der Waals surface area (Å²) in [6.45, 7) is 5.35. The van der Waals surface area contributed by atoms with Crippen LogP contribution in [0.4, 0.5) is 4.79 Å². The molecule has 1 aromatic carbocycles. The molecule has 1 rings (SSSR count). The predicted molar refractivity (Wildman–Crippen MR) is 71.6 cm³/mol. The Morgan fingerprint density at radius 3 is 2.22 bits per heavy atom. The number of imide groups is 1. The van der Waals surface area contributed by atoms with E-state index < -0.39 is 17.3 Å². The number of hydrogen-bond donors (Lipinski definition) is 2. The number of carbonyl (C=O) groups is 2. The summed E-state index contributed by atoms with van der Waals surface area (Å²) in [5.41, 5.74) is 2.13. The maximum absolute atomic E-state index is 11.5. The molecule has 0 saturated heterocycles. The molecular formula is C13H17ClN2O2. The van der Waals surface area contributed by atoms with Gasteiger partial charge in [-0.2, -0.15) is 0 Å². The summed E-state index contributed by atoms with van der Waals surface area (Å²) in [6.07, 6.45) is 0. The Hall–Kier alpha value is -1.55. The number of carbonyl (C=O) groups excluding carboxylic acids is 2. The van der Waals surface area contributed by atoms with E-state index in [4.69, 9.17) is 11.6 Å². The van der Waals surface area contributed by atoms with E-state index in [-0.39, 0.29) is 6.04 Å². The monoisotopic (exact) mass is 268 g/mol. The Kier molecular flexibility index (Phi) is 5.16. The average Bonchev–Trinajstić information content (AvgIpc) is 2.29. The standard InChI is InChI=1S/C13H17ClN2O2/c1-8-4-6-11(7-5-8)10(3)15-13(18)16-12(17)9(2)14/h4-7,9-10H,1-3H3,(H2,15,16,17,18). The third kappa shape index (κ3) is 4.37. The van der Waals surface area contributed by atoms with Crippen LogP contribution in [0.25, 0.3) is 0 Å². The molecule has 2 N–H and O–H groups in total. The minimum Gasteiger partial charge on any atom is -0.331 e. The summed E-state index contributed by atoms with van der Waals surface area (Å²) in [5.74, 6) is -0.509. The van der Waals surface area contributed by atoms with Gasteiger partial charge in [0.2, 0.25) is 5.91 Å². The highest BCUT2D eigenvalue weighted by molar-refractivity contribution is 6.31. The summed E-state index contributed by atoms with van der Waals surface area (Å²) >= 11 is 5.55. The molecule has 0 bridgehead atoms. The van der Waals surface area contributed by atoms with Crippen LogP contribution in [-0.2, 0) is 4.79 Å². The number of rotatable bonds is 3. The third-order valence-corrected chi connectivity index (χ3v) is 2.72. The van der Waals surface area contributed by atoms with E-state index in [2.05, 4.69) is 10.6 Å². The minimum atomic E-state index is -0.731. The van der Waals surface area contributed by atoms with Crippen molar-refractivity contribution in [2.75, 3.05) is 0 Å². The lowest BCUT2D eigenvalue weighted by Gasteiger charge is -2.15. The zero-order valence-corrected chi connectivity index (χ0v) is 11.4. The van der Waals surface area contributed by atoms with Gasteiger partial charge in [-0.1, -0.05) is 29.8 Å². The van der Waals surface area contributed by atoms with Gasteiger partial charge in [0.05, 0.1) is 6.04 Å². The molecule has 0 saturated carbocycles. The van der Waals surface area contributed by atoms with Crippen molar-refractivity contribution >= 4 is 23.5 Å². The normalized spacial score (nSPS) is 13.6. The Labute approximate surface area is 112 Å². The zero-order valence-electron chi connectivity index (χ0n) is 10.7. The van der Waals surface area contributed by atoms with Crippen LogP contribution in [0.15, 0.2) is 24.3 Å². The Morgan fingerprint density at radius 1 is 1.17 bits per heavy atom. The molecule has 0 aliphatic heterocycles. The van der Waals surface area contributed by atoms with Crippen molar-refractivity contribution < 1.29 is 9.59 Å². The Balaban J connectivity index is 2.54. The van der Waals surface area contributed by atoms with Crippen molar-refractivity contribution in [3.05, 3.63) is 35.4 Å². The number of benzene rings is 1. The highest BCUT2D eigenvalue weighted by Gasteiger charge is 2.15. The highest BCUT2D eigenvalue weighted by Crippen LogP contribution is 2.12. The molecule has 0 radical (unpaired) electrons. The second-order valence-corrected chi connectivity index (χ2v) is 4.87. The summed E-state index contributed by atoms with van der Waals surface area (Å²) in [6, 6.07) is 7.09. The van der Waals surface area contributed by atoms with Gasteiger partial charge in [0.25, 0.3) is 0 Å². The van der Waals surface area contributed by atoms with E-state index in [1.807, 2.05) is 38.1 Å². The van der Waals surface area contributed by atoms with Crippen LogP contribution in [0.5, 0.6) is 0 Å². The van der Waals surface area contributed by atoms with E-state index >= 15 is 0 Å². The molecule has 4 nitrogen and oxygen atoms in total. The first-order valence-corrected chi connectivity index (χ1v) is 6.15. The zero-order chi connectivity index (χ0) is 13.7. The van der Waals surface area contributed by atoms with E-state index in [0.29, 0.717) is 0 Å². The second-order valence-electron chi connectivity index (χ2n) is 4.21. The van der Waals surface area contributed by atoms with Crippen LogP contribution >= 0.6 is 11.6 Å². The van der Waals surface area contributed by atoms with Crippen LogP contribution in [0.3, 0.4) is 0 Å². The van der Waals surface area contributed by atoms with Gasteiger partial charge < -0.3 is 5.32 Å². The summed E-state index contributed by atoms with van der Waals surface area (Å²) in [5, 5.41) is 4.11. The van der Waals surface area contributed by atoms with Gasteiger partial charge in [0, 0.05) is 0 Å². The fourth-order valence-corrected chi connectivity index (χ4v) is 1.44. The fourth-order valence-electron chi connectivity index (χ4n) is 1.38. The molecule has 0 spiro atoms. The minimum absolute atomic E-state index is 0.177. The molecule has 2 atom stereocenters. The van der Waals surface area contributed by atoms with Crippen molar-refractivity contribution in [1.82, 2.24) is 10.6 Å². The van der Waals surface area contributed by atoms with Crippen LogP contribution in [0.2, 0.25) is 0 Å². The van der Waals surface area contributed by atoms with Crippen molar-refractivity contribution in [2.24, 2.45) is 0 Å². The van der Waals surface area contributed by atoms with Gasteiger partial charge in [-0.05, 0) is 26.3 Å². The van der Waals surface area contributed by atoms with E-state index in [9.17, 15) is 9.59 Å². The summed E-state index contributed by atoms with van der Waals surface area (Å²) < 4.78 is 0. The van der Waals surface area contributed by atoms with Crippen molar-refractivity contribution in [3.8, 4) is 0 Å². The Bertz CT molecular complexity index is 429. The van der Waals surface area contributed by atoms with Crippen molar-refractivity contribution in [3.63, 3.8) is 0 Å². The van der Waals surface area contributed by atoms with Crippen LogP contribution in [-0.4, -0.2) is 17.3 Å². The number of urea groups is 1. The van der Waals surface area contributed by atoms with Crippen LogP contribution in [0.1, 0.15) is 31.0 Å². The highest BCUT2D eigenvalue weighted by atomic mass is 35.5. The number of aryl methyl sites for hydroxylation is 1. The maximum Gasteiger partial charge on any atom is 0.321 e. The van der Waals surface area contributed by atoms with Gasteiger partial charge in [-0.25, -0.2) is 4.79 Å². The van der Waals surface area contributed by atoms with E-state index in [1.165, 1.54) is 6.92 Å². The van der Waals surface area contributed by atoms with Crippen LogP contribution in [0, 0.1) is 6.92 Å². The number of alkyl halides is 1. The maximum atomic E-state index is 11.5. The lowest BCUT2D eigenvalue weighted by molar-refractivity contribution is -0.119. The predicted octanol–water partition coefficient (Wildman–Crippen LogP) is 2.51. The molecule has 18 heavy (non-hydrogen) atoms. The van der Waals surface area contributed by atoms with Gasteiger partial charge in [-0.15, -0.1) is 11.6 Å². The number of hydrogen-bond acceptors (Lipinski definition) is 2. The van der Waals surface area contributed by atoms with Gasteiger partial charge in [0.15, 0.2) is 0 Å². The summed E-state index contributed by atoms with van der Waals surface area (Å²) in [4.78, 5) is 22.7. The average molecular weight is 269 g/mol. The first-order chi connectivity index (χ1) is 8.40. The molecule has 0 fully saturated rings. The molecule has 3 amide bonds. The number of nitrogens with one attached hydrogen (secondary N) is 2. The van der Waals surface area contributed by atoms with Crippen molar-refractivity contribution in [2.45, 2.75) is 32.2 Å². The molecule has 0 aliphatic rings. The van der Waals surface area contributed by atoms with Gasteiger partial charge in [0.1, 0.15) is 5.38 Å². The smallest absolute Gasteiger partial charge is 0.321 e. The first kappa shape index (κ1) is 14.5. The lowest BCUT2D eigenvalue weighted by Crippen LogP contribution is -2.43. The van der Waals surface area contributed by atoms with E-state index in [1.54, 1.807) is 0 Å². The largest absolute Gasteiger partial charge is 0.331 e. The summed E-state index contributed by atoms with van der Waals surface area (Å²) in [7, 11) is 0. The van der Waals surface area contributed by atoms with Crippen LogP contribution < -0.4 is 10.6 Å². The Morgan fingerprint density at radius 2 is 1.72 bits per heavy atom. The first-order valence-electron chi connectivity index (χ1n) is 5.72. The number of halogens is 1. The molecular weight excluding hydrogens is 252 g/mol. The number of amides is 3. The van der Waals surface area contributed by atoms with Gasteiger partial charge >= 0.3 is 6.03 Å². The van der Waals surface area contributed by atoms with E-state index in [0.717, 1.165) is 11.1 Å². The SMILES string of the molecule is Cc1ccc(C(C)NC(=O)NC(=O)C(C)Cl)cc1. The second kappa shape index (κ2) is 6.40.